The lowest BCUT2D eigenvalue weighted by atomic mass is 10.3. The second-order valence-corrected chi connectivity index (χ2v) is 4.46. The summed E-state index contributed by atoms with van der Waals surface area (Å²) in [5.41, 5.74) is 8.50. The van der Waals surface area contributed by atoms with Gasteiger partial charge in [-0.25, -0.2) is 9.97 Å². The largest absolute Gasteiger partial charge is 0.382 e. The second-order valence-electron chi connectivity index (χ2n) is 3.52. The Labute approximate surface area is 98.0 Å². The Kier molecular flexibility index (Phi) is 3.00. The number of thiazole rings is 1. The normalized spacial score (nSPS) is 10.4. The van der Waals surface area contributed by atoms with Crippen molar-refractivity contribution in [2.45, 2.75) is 13.5 Å². The zero-order valence-corrected chi connectivity index (χ0v) is 10.0. The maximum atomic E-state index is 5.59. The van der Waals surface area contributed by atoms with E-state index >= 15 is 0 Å². The molecular weight excluding hydrogens is 222 g/mol. The van der Waals surface area contributed by atoms with E-state index in [9.17, 15) is 0 Å². The van der Waals surface area contributed by atoms with Crippen LogP contribution in [0, 0.1) is 6.92 Å². The van der Waals surface area contributed by atoms with Crippen LogP contribution >= 0.6 is 11.3 Å². The molecule has 0 amide bonds. The topological polar surface area (TPSA) is 67.9 Å². The molecule has 0 aliphatic rings. The molecule has 2 N–H and O–H groups in total. The number of aromatic nitrogens is 3. The van der Waals surface area contributed by atoms with Crippen molar-refractivity contribution in [3.8, 4) is 0 Å². The maximum absolute atomic E-state index is 5.59. The van der Waals surface area contributed by atoms with E-state index in [1.54, 1.807) is 17.5 Å². The summed E-state index contributed by atoms with van der Waals surface area (Å²) in [4.78, 5) is 15.7. The summed E-state index contributed by atoms with van der Waals surface area (Å²) < 4.78 is 0. The minimum Gasteiger partial charge on any atom is -0.382 e. The number of hydrogen-bond acceptors (Lipinski definition) is 6. The smallest absolute Gasteiger partial charge is 0.149 e. The summed E-state index contributed by atoms with van der Waals surface area (Å²) in [5.74, 6) is 1.21. The molecule has 0 radical (unpaired) electrons. The molecule has 2 heterocycles. The van der Waals surface area contributed by atoms with Crippen molar-refractivity contribution in [1.29, 1.82) is 0 Å². The number of anilines is 2. The molecule has 6 heteroatoms. The molecule has 2 aromatic heterocycles. The van der Waals surface area contributed by atoms with Crippen LogP contribution < -0.4 is 10.6 Å². The standard InChI is InChI=1S/C10H13N5S/c1-7-8(16-6-13-7)5-15(2)10-4-12-3-9(11)14-10/h3-4,6H,5H2,1-2H3,(H2,11,14). The van der Waals surface area contributed by atoms with Crippen LogP contribution in [0.3, 0.4) is 0 Å². The van der Waals surface area contributed by atoms with Gasteiger partial charge < -0.3 is 10.6 Å². The lowest BCUT2D eigenvalue weighted by molar-refractivity contribution is 0.895. The first kappa shape index (κ1) is 10.8. The third-order valence-electron chi connectivity index (χ3n) is 2.26. The molecule has 0 fully saturated rings. The summed E-state index contributed by atoms with van der Waals surface area (Å²) in [6.07, 6.45) is 3.24. The van der Waals surface area contributed by atoms with Crippen molar-refractivity contribution in [3.05, 3.63) is 28.5 Å². The van der Waals surface area contributed by atoms with Gasteiger partial charge in [0, 0.05) is 11.9 Å². The number of nitrogen functional groups attached to an aromatic ring is 1. The zero-order chi connectivity index (χ0) is 11.5. The van der Waals surface area contributed by atoms with Gasteiger partial charge in [-0.1, -0.05) is 0 Å². The minimum absolute atomic E-state index is 0.436. The van der Waals surface area contributed by atoms with Gasteiger partial charge >= 0.3 is 0 Å². The van der Waals surface area contributed by atoms with Gasteiger partial charge in [-0.3, -0.25) is 4.98 Å². The summed E-state index contributed by atoms with van der Waals surface area (Å²) in [6, 6.07) is 0. The number of rotatable bonds is 3. The second kappa shape index (κ2) is 4.44. The summed E-state index contributed by atoms with van der Waals surface area (Å²) in [5, 5.41) is 0. The van der Waals surface area contributed by atoms with Gasteiger partial charge in [0.05, 0.1) is 30.1 Å². The van der Waals surface area contributed by atoms with E-state index in [2.05, 4.69) is 15.0 Å². The highest BCUT2D eigenvalue weighted by Gasteiger charge is 2.08. The van der Waals surface area contributed by atoms with E-state index in [4.69, 9.17) is 5.73 Å². The molecule has 0 aliphatic heterocycles. The molecule has 5 nitrogen and oxygen atoms in total. The molecule has 0 spiro atoms. The average molecular weight is 235 g/mol. The van der Waals surface area contributed by atoms with Crippen LogP contribution in [0.5, 0.6) is 0 Å². The van der Waals surface area contributed by atoms with Crippen molar-refractivity contribution >= 4 is 23.0 Å². The molecule has 0 saturated carbocycles. The fraction of sp³-hybridized carbons (Fsp3) is 0.300. The predicted molar refractivity (Wildman–Crippen MR) is 65.4 cm³/mol. The van der Waals surface area contributed by atoms with Gasteiger partial charge in [0.2, 0.25) is 0 Å². The van der Waals surface area contributed by atoms with E-state index in [0.29, 0.717) is 5.82 Å². The quantitative estimate of drug-likeness (QED) is 0.872. The van der Waals surface area contributed by atoms with Crippen molar-refractivity contribution in [2.24, 2.45) is 0 Å². The Bertz CT molecular complexity index is 482. The van der Waals surface area contributed by atoms with E-state index < -0.39 is 0 Å². The monoisotopic (exact) mass is 235 g/mol. The minimum atomic E-state index is 0.436. The first-order valence-corrected chi connectivity index (χ1v) is 5.72. The molecule has 0 aliphatic carbocycles. The van der Waals surface area contributed by atoms with Crippen molar-refractivity contribution in [2.75, 3.05) is 17.7 Å². The third-order valence-corrected chi connectivity index (χ3v) is 3.18. The number of hydrogen-bond donors (Lipinski definition) is 1. The first-order valence-electron chi connectivity index (χ1n) is 4.84. The highest BCUT2D eigenvalue weighted by Crippen LogP contribution is 2.17. The molecule has 0 atom stereocenters. The van der Waals surface area contributed by atoms with E-state index in [0.717, 1.165) is 18.1 Å². The van der Waals surface area contributed by atoms with Crippen LogP contribution in [0.25, 0.3) is 0 Å². The molecule has 0 aromatic carbocycles. The molecule has 0 saturated heterocycles. The summed E-state index contributed by atoms with van der Waals surface area (Å²) in [6.45, 7) is 2.78. The zero-order valence-electron chi connectivity index (χ0n) is 9.21. The van der Waals surface area contributed by atoms with Crippen molar-refractivity contribution in [3.63, 3.8) is 0 Å². The Morgan fingerprint density at radius 1 is 1.44 bits per heavy atom. The molecule has 84 valence electrons. The molecule has 0 bridgehead atoms. The lowest BCUT2D eigenvalue weighted by Gasteiger charge is -2.17. The van der Waals surface area contributed by atoms with E-state index in [-0.39, 0.29) is 0 Å². The molecule has 0 unspecified atom stereocenters. The van der Waals surface area contributed by atoms with Gasteiger partial charge in [0.1, 0.15) is 11.6 Å². The van der Waals surface area contributed by atoms with Crippen LogP contribution in [0.4, 0.5) is 11.6 Å². The van der Waals surface area contributed by atoms with Crippen molar-refractivity contribution in [1.82, 2.24) is 15.0 Å². The number of aryl methyl sites for hydroxylation is 1. The summed E-state index contributed by atoms with van der Waals surface area (Å²) >= 11 is 1.64. The third kappa shape index (κ3) is 2.27. The molecule has 16 heavy (non-hydrogen) atoms. The fourth-order valence-corrected chi connectivity index (χ4v) is 2.16. The Balaban J connectivity index is 2.14. The Morgan fingerprint density at radius 3 is 2.88 bits per heavy atom. The SMILES string of the molecule is Cc1ncsc1CN(C)c1cncc(N)n1. The average Bonchev–Trinajstić information content (AvgIpc) is 2.64. The van der Waals surface area contributed by atoms with Gasteiger partial charge in [-0.2, -0.15) is 0 Å². The maximum Gasteiger partial charge on any atom is 0.149 e. The van der Waals surface area contributed by atoms with Gasteiger partial charge in [-0.15, -0.1) is 11.3 Å². The Hall–Kier alpha value is -1.69. The highest BCUT2D eigenvalue weighted by molar-refractivity contribution is 7.09. The highest BCUT2D eigenvalue weighted by atomic mass is 32.1. The summed E-state index contributed by atoms with van der Waals surface area (Å²) in [7, 11) is 1.96. The first-order chi connectivity index (χ1) is 7.66. The molecule has 2 aromatic rings. The van der Waals surface area contributed by atoms with Crippen LogP contribution in [-0.4, -0.2) is 22.0 Å². The van der Waals surface area contributed by atoms with E-state index in [1.807, 2.05) is 24.4 Å². The van der Waals surface area contributed by atoms with Crippen LogP contribution in [0.1, 0.15) is 10.6 Å². The van der Waals surface area contributed by atoms with Crippen LogP contribution in [0.2, 0.25) is 0 Å². The van der Waals surface area contributed by atoms with Crippen LogP contribution in [0.15, 0.2) is 17.9 Å². The van der Waals surface area contributed by atoms with Gasteiger partial charge in [0.25, 0.3) is 0 Å². The van der Waals surface area contributed by atoms with Crippen LogP contribution in [-0.2, 0) is 6.54 Å². The number of nitrogens with zero attached hydrogens (tertiary/aromatic N) is 4. The Morgan fingerprint density at radius 2 is 2.25 bits per heavy atom. The van der Waals surface area contributed by atoms with Gasteiger partial charge in [-0.05, 0) is 6.92 Å². The number of nitrogens with two attached hydrogens (primary N) is 1. The fourth-order valence-electron chi connectivity index (χ4n) is 1.33. The molecular formula is C10H13N5S. The van der Waals surface area contributed by atoms with Gasteiger partial charge in [0.15, 0.2) is 0 Å². The predicted octanol–water partition coefficient (Wildman–Crippen LogP) is 1.46. The lowest BCUT2D eigenvalue weighted by Crippen LogP contribution is -2.18. The van der Waals surface area contributed by atoms with Crippen molar-refractivity contribution < 1.29 is 0 Å². The van der Waals surface area contributed by atoms with E-state index in [1.165, 1.54) is 11.1 Å². The molecule has 2 rings (SSSR count).